The standard InChI is InChI=1S/C11H14F3NO/c1-7(15)5-10(16)8-3-2-4-9(6-8)11(12,13)14/h2-4,6-7,10,16H,5,15H2,1H3. The molecule has 0 amide bonds. The Morgan fingerprint density at radius 3 is 2.50 bits per heavy atom. The number of hydrogen-bond acceptors (Lipinski definition) is 2. The minimum atomic E-state index is -4.38. The number of benzene rings is 1. The monoisotopic (exact) mass is 233 g/mol. The maximum atomic E-state index is 12.4. The number of aliphatic hydroxyl groups excluding tert-OH is 1. The fraction of sp³-hybridized carbons (Fsp3) is 0.455. The van der Waals surface area contributed by atoms with Crippen LogP contribution in [0.4, 0.5) is 13.2 Å². The summed E-state index contributed by atoms with van der Waals surface area (Å²) in [5, 5.41) is 9.63. The Morgan fingerprint density at radius 1 is 1.38 bits per heavy atom. The zero-order valence-electron chi connectivity index (χ0n) is 8.83. The van der Waals surface area contributed by atoms with E-state index in [9.17, 15) is 18.3 Å². The molecule has 0 aliphatic rings. The van der Waals surface area contributed by atoms with Crippen molar-refractivity contribution < 1.29 is 18.3 Å². The fourth-order valence-corrected chi connectivity index (χ4v) is 1.41. The summed E-state index contributed by atoms with van der Waals surface area (Å²) >= 11 is 0. The van der Waals surface area contributed by atoms with Crippen LogP contribution in [-0.2, 0) is 6.18 Å². The maximum absolute atomic E-state index is 12.4. The highest BCUT2D eigenvalue weighted by molar-refractivity contribution is 5.27. The van der Waals surface area contributed by atoms with Crippen LogP contribution in [-0.4, -0.2) is 11.1 Å². The SMILES string of the molecule is CC(N)CC(O)c1cccc(C(F)(F)F)c1. The Hall–Kier alpha value is -1.07. The second-order valence-electron chi connectivity index (χ2n) is 3.85. The van der Waals surface area contributed by atoms with Crippen molar-refractivity contribution in [2.75, 3.05) is 0 Å². The Balaban J connectivity index is 2.90. The molecule has 0 aromatic heterocycles. The first kappa shape index (κ1) is 13.0. The zero-order chi connectivity index (χ0) is 12.3. The summed E-state index contributed by atoms with van der Waals surface area (Å²) in [6, 6.07) is 4.41. The lowest BCUT2D eigenvalue weighted by molar-refractivity contribution is -0.137. The lowest BCUT2D eigenvalue weighted by atomic mass is 10.0. The van der Waals surface area contributed by atoms with Gasteiger partial charge in [0.1, 0.15) is 0 Å². The predicted octanol–water partition coefficient (Wildman–Crippen LogP) is 2.48. The molecule has 0 spiro atoms. The van der Waals surface area contributed by atoms with Crippen molar-refractivity contribution in [3.05, 3.63) is 35.4 Å². The van der Waals surface area contributed by atoms with Crippen molar-refractivity contribution >= 4 is 0 Å². The highest BCUT2D eigenvalue weighted by atomic mass is 19.4. The molecule has 16 heavy (non-hydrogen) atoms. The first-order valence-electron chi connectivity index (χ1n) is 4.91. The van der Waals surface area contributed by atoms with Crippen LogP contribution in [0.25, 0.3) is 0 Å². The van der Waals surface area contributed by atoms with Crippen molar-refractivity contribution in [3.8, 4) is 0 Å². The summed E-state index contributed by atoms with van der Waals surface area (Å²) in [5.41, 5.74) is 4.96. The first-order valence-corrected chi connectivity index (χ1v) is 4.91. The molecule has 0 saturated heterocycles. The summed E-state index contributed by atoms with van der Waals surface area (Å²) in [6.45, 7) is 1.69. The Morgan fingerprint density at radius 2 is 2.00 bits per heavy atom. The molecule has 1 aromatic rings. The smallest absolute Gasteiger partial charge is 0.388 e. The van der Waals surface area contributed by atoms with Crippen LogP contribution >= 0.6 is 0 Å². The lowest BCUT2D eigenvalue weighted by Crippen LogP contribution is -2.18. The third-order valence-electron chi connectivity index (χ3n) is 2.19. The molecule has 0 aliphatic carbocycles. The molecule has 0 heterocycles. The first-order chi connectivity index (χ1) is 7.30. The summed E-state index contributed by atoms with van der Waals surface area (Å²) in [5.74, 6) is 0. The van der Waals surface area contributed by atoms with E-state index in [4.69, 9.17) is 5.73 Å². The normalized spacial score (nSPS) is 15.9. The van der Waals surface area contributed by atoms with Gasteiger partial charge < -0.3 is 10.8 Å². The van der Waals surface area contributed by atoms with Gasteiger partial charge in [0.15, 0.2) is 0 Å². The van der Waals surface area contributed by atoms with E-state index < -0.39 is 17.8 Å². The van der Waals surface area contributed by atoms with E-state index in [1.54, 1.807) is 6.92 Å². The van der Waals surface area contributed by atoms with Gasteiger partial charge in [0, 0.05) is 6.04 Å². The number of aliphatic hydroxyl groups is 1. The summed E-state index contributed by atoms with van der Waals surface area (Å²) in [4.78, 5) is 0. The van der Waals surface area contributed by atoms with Crippen LogP contribution in [0.15, 0.2) is 24.3 Å². The molecule has 0 aliphatic heterocycles. The number of nitrogens with two attached hydrogens (primary N) is 1. The van der Waals surface area contributed by atoms with Crippen LogP contribution in [0.2, 0.25) is 0 Å². The Labute approximate surface area is 91.9 Å². The van der Waals surface area contributed by atoms with E-state index in [0.29, 0.717) is 0 Å². The van der Waals surface area contributed by atoms with E-state index in [1.807, 2.05) is 0 Å². The summed E-state index contributed by atoms with van der Waals surface area (Å²) < 4.78 is 37.2. The molecule has 1 aromatic carbocycles. The maximum Gasteiger partial charge on any atom is 0.416 e. The molecule has 2 atom stereocenters. The van der Waals surface area contributed by atoms with E-state index in [1.165, 1.54) is 12.1 Å². The van der Waals surface area contributed by atoms with Gasteiger partial charge in [0.25, 0.3) is 0 Å². The molecule has 1 rings (SSSR count). The van der Waals surface area contributed by atoms with Crippen LogP contribution in [0.5, 0.6) is 0 Å². The molecule has 5 heteroatoms. The number of halogens is 3. The molecule has 2 unspecified atom stereocenters. The predicted molar refractivity (Wildman–Crippen MR) is 54.7 cm³/mol. The van der Waals surface area contributed by atoms with Gasteiger partial charge in [-0.3, -0.25) is 0 Å². The van der Waals surface area contributed by atoms with Gasteiger partial charge in [-0.05, 0) is 31.0 Å². The van der Waals surface area contributed by atoms with Crippen molar-refractivity contribution in [2.24, 2.45) is 5.73 Å². The molecular formula is C11H14F3NO. The van der Waals surface area contributed by atoms with E-state index >= 15 is 0 Å². The largest absolute Gasteiger partial charge is 0.416 e. The Bertz CT molecular complexity index is 349. The van der Waals surface area contributed by atoms with Gasteiger partial charge in [0.2, 0.25) is 0 Å². The average Bonchev–Trinajstić information content (AvgIpc) is 2.15. The fourth-order valence-electron chi connectivity index (χ4n) is 1.41. The summed E-state index contributed by atoms with van der Waals surface area (Å²) in [6.07, 6.45) is -5.10. The minimum Gasteiger partial charge on any atom is -0.388 e. The van der Waals surface area contributed by atoms with E-state index in [-0.39, 0.29) is 18.0 Å². The van der Waals surface area contributed by atoms with Crippen molar-refractivity contribution in [1.29, 1.82) is 0 Å². The van der Waals surface area contributed by atoms with Gasteiger partial charge in [-0.25, -0.2) is 0 Å². The van der Waals surface area contributed by atoms with E-state index in [2.05, 4.69) is 0 Å². The number of hydrogen-bond donors (Lipinski definition) is 2. The van der Waals surface area contributed by atoms with Gasteiger partial charge >= 0.3 is 6.18 Å². The quantitative estimate of drug-likeness (QED) is 0.842. The molecule has 2 nitrogen and oxygen atoms in total. The van der Waals surface area contributed by atoms with Gasteiger partial charge in [-0.1, -0.05) is 12.1 Å². The molecule has 3 N–H and O–H groups in total. The third-order valence-corrected chi connectivity index (χ3v) is 2.19. The zero-order valence-corrected chi connectivity index (χ0v) is 8.83. The topological polar surface area (TPSA) is 46.2 Å². The molecule has 0 saturated carbocycles. The van der Waals surface area contributed by atoms with E-state index in [0.717, 1.165) is 12.1 Å². The minimum absolute atomic E-state index is 0.237. The van der Waals surface area contributed by atoms with Gasteiger partial charge in [-0.15, -0.1) is 0 Å². The third kappa shape index (κ3) is 3.50. The molecule has 90 valence electrons. The molecule has 0 radical (unpaired) electrons. The highest BCUT2D eigenvalue weighted by Crippen LogP contribution is 2.31. The van der Waals surface area contributed by atoms with Crippen molar-refractivity contribution in [1.82, 2.24) is 0 Å². The van der Waals surface area contributed by atoms with Crippen molar-refractivity contribution in [3.63, 3.8) is 0 Å². The van der Waals surface area contributed by atoms with Crippen LogP contribution in [0, 0.1) is 0 Å². The number of rotatable bonds is 3. The Kier molecular flexibility index (Phi) is 3.93. The van der Waals surface area contributed by atoms with Crippen LogP contribution in [0.3, 0.4) is 0 Å². The number of alkyl halides is 3. The molecule has 0 bridgehead atoms. The second kappa shape index (κ2) is 4.84. The molecular weight excluding hydrogens is 219 g/mol. The van der Waals surface area contributed by atoms with Crippen LogP contribution < -0.4 is 5.73 Å². The average molecular weight is 233 g/mol. The van der Waals surface area contributed by atoms with Crippen molar-refractivity contribution in [2.45, 2.75) is 31.7 Å². The highest BCUT2D eigenvalue weighted by Gasteiger charge is 2.30. The lowest BCUT2D eigenvalue weighted by Gasteiger charge is -2.15. The van der Waals surface area contributed by atoms with Gasteiger partial charge in [-0.2, -0.15) is 13.2 Å². The summed E-state index contributed by atoms with van der Waals surface area (Å²) in [7, 11) is 0. The van der Waals surface area contributed by atoms with Crippen LogP contribution in [0.1, 0.15) is 30.6 Å². The second-order valence-corrected chi connectivity index (χ2v) is 3.85. The van der Waals surface area contributed by atoms with Gasteiger partial charge in [0.05, 0.1) is 11.7 Å². The molecule has 0 fully saturated rings.